The van der Waals surface area contributed by atoms with Crippen LogP contribution in [0.2, 0.25) is 0 Å². The quantitative estimate of drug-likeness (QED) is 0.351. The average molecular weight is 372 g/mol. The molecule has 0 radical (unpaired) electrons. The number of alkyl halides is 1. The molecule has 1 aromatic heterocycles. The Labute approximate surface area is 146 Å². The summed E-state index contributed by atoms with van der Waals surface area (Å²) in [6, 6.07) is 18.9. The molecule has 1 heterocycles. The van der Waals surface area contributed by atoms with Gasteiger partial charge in [0.25, 0.3) is 0 Å². The molecule has 0 aliphatic rings. The molecular formula is C20H22BrNO. The number of halogens is 1. The number of benzene rings is 2. The molecule has 2 aromatic carbocycles. The van der Waals surface area contributed by atoms with Crippen LogP contribution in [0.1, 0.15) is 25.7 Å². The van der Waals surface area contributed by atoms with Gasteiger partial charge in [0.05, 0.1) is 12.1 Å². The third-order valence-corrected chi connectivity index (χ3v) is 4.55. The van der Waals surface area contributed by atoms with Crippen molar-refractivity contribution >= 4 is 26.8 Å². The van der Waals surface area contributed by atoms with Crippen LogP contribution in [-0.2, 0) is 0 Å². The van der Waals surface area contributed by atoms with Crippen molar-refractivity contribution in [1.29, 1.82) is 0 Å². The van der Waals surface area contributed by atoms with Crippen molar-refractivity contribution in [3.63, 3.8) is 0 Å². The molecular weight excluding hydrogens is 350 g/mol. The summed E-state index contributed by atoms with van der Waals surface area (Å²) in [5.74, 6) is 0.962. The summed E-state index contributed by atoms with van der Waals surface area (Å²) in [6.07, 6.45) is 6.99. The highest BCUT2D eigenvalue weighted by atomic mass is 79.9. The highest BCUT2D eigenvalue weighted by Gasteiger charge is 2.04. The molecule has 0 spiro atoms. The molecule has 3 aromatic rings. The van der Waals surface area contributed by atoms with E-state index in [4.69, 9.17) is 4.74 Å². The smallest absolute Gasteiger partial charge is 0.120 e. The standard InChI is InChI=1S/C20H22BrNO/c21-13-6-1-2-7-15-23-19-10-11-20-17(16-19)12-14-22(20)18-8-4-3-5-9-18/h3-5,8-12,14,16H,1-2,6-7,13,15H2. The fraction of sp³-hybridized carbons (Fsp3) is 0.300. The summed E-state index contributed by atoms with van der Waals surface area (Å²) in [5.41, 5.74) is 2.39. The number of hydrogen-bond donors (Lipinski definition) is 0. The molecule has 0 saturated carbocycles. The third-order valence-electron chi connectivity index (χ3n) is 3.99. The number of unbranched alkanes of at least 4 members (excludes halogenated alkanes) is 3. The normalized spacial score (nSPS) is 11.0. The average Bonchev–Trinajstić information content (AvgIpc) is 3.02. The van der Waals surface area contributed by atoms with Gasteiger partial charge in [-0.05, 0) is 49.2 Å². The van der Waals surface area contributed by atoms with Gasteiger partial charge in [0, 0.05) is 22.6 Å². The molecule has 0 saturated heterocycles. The summed E-state index contributed by atoms with van der Waals surface area (Å²) in [4.78, 5) is 0. The fourth-order valence-electron chi connectivity index (χ4n) is 2.76. The predicted molar refractivity (Wildman–Crippen MR) is 101 cm³/mol. The van der Waals surface area contributed by atoms with Gasteiger partial charge in [0.1, 0.15) is 5.75 Å². The van der Waals surface area contributed by atoms with Crippen LogP contribution in [0.5, 0.6) is 5.75 Å². The maximum atomic E-state index is 5.89. The number of fused-ring (bicyclic) bond motifs is 1. The van der Waals surface area contributed by atoms with Gasteiger partial charge in [0.2, 0.25) is 0 Å². The number of hydrogen-bond acceptors (Lipinski definition) is 1. The maximum absolute atomic E-state index is 5.89. The minimum Gasteiger partial charge on any atom is -0.494 e. The van der Waals surface area contributed by atoms with Gasteiger partial charge < -0.3 is 9.30 Å². The molecule has 0 unspecified atom stereocenters. The first-order valence-electron chi connectivity index (χ1n) is 8.24. The lowest BCUT2D eigenvalue weighted by molar-refractivity contribution is 0.305. The van der Waals surface area contributed by atoms with Gasteiger partial charge >= 0.3 is 0 Å². The van der Waals surface area contributed by atoms with E-state index in [1.165, 1.54) is 35.9 Å². The molecule has 0 atom stereocenters. The van der Waals surface area contributed by atoms with E-state index in [0.717, 1.165) is 24.1 Å². The number of nitrogens with zero attached hydrogens (tertiary/aromatic N) is 1. The van der Waals surface area contributed by atoms with Crippen LogP contribution in [0, 0.1) is 0 Å². The Morgan fingerprint density at radius 2 is 1.70 bits per heavy atom. The van der Waals surface area contributed by atoms with Crippen LogP contribution in [0.3, 0.4) is 0 Å². The first-order chi connectivity index (χ1) is 11.4. The second-order valence-corrected chi connectivity index (χ2v) is 6.49. The lowest BCUT2D eigenvalue weighted by Gasteiger charge is -2.08. The van der Waals surface area contributed by atoms with E-state index < -0.39 is 0 Å². The fourth-order valence-corrected chi connectivity index (χ4v) is 3.16. The van der Waals surface area contributed by atoms with Gasteiger partial charge in [-0.25, -0.2) is 0 Å². The zero-order valence-corrected chi connectivity index (χ0v) is 14.8. The van der Waals surface area contributed by atoms with Crippen LogP contribution in [0.25, 0.3) is 16.6 Å². The summed E-state index contributed by atoms with van der Waals surface area (Å²) in [6.45, 7) is 0.799. The molecule has 0 fully saturated rings. The van der Waals surface area contributed by atoms with Crippen molar-refractivity contribution in [2.45, 2.75) is 25.7 Å². The molecule has 2 nitrogen and oxygen atoms in total. The van der Waals surface area contributed by atoms with E-state index in [9.17, 15) is 0 Å². The predicted octanol–water partition coefficient (Wildman–Crippen LogP) is 5.96. The van der Waals surface area contributed by atoms with Crippen molar-refractivity contribution in [2.24, 2.45) is 0 Å². The Bertz CT molecular complexity index is 736. The SMILES string of the molecule is BrCCCCCCOc1ccc2c(ccn2-c2ccccc2)c1. The summed E-state index contributed by atoms with van der Waals surface area (Å²) in [5, 5.41) is 2.31. The second-order valence-electron chi connectivity index (χ2n) is 5.69. The van der Waals surface area contributed by atoms with E-state index in [1.807, 2.05) is 6.07 Å². The van der Waals surface area contributed by atoms with Crippen LogP contribution < -0.4 is 4.74 Å². The van der Waals surface area contributed by atoms with Gasteiger partial charge in [-0.1, -0.05) is 47.0 Å². The zero-order chi connectivity index (χ0) is 15.9. The van der Waals surface area contributed by atoms with E-state index >= 15 is 0 Å². The monoisotopic (exact) mass is 371 g/mol. The maximum Gasteiger partial charge on any atom is 0.120 e. The summed E-state index contributed by atoms with van der Waals surface area (Å²) >= 11 is 3.46. The third kappa shape index (κ3) is 4.17. The van der Waals surface area contributed by atoms with Crippen molar-refractivity contribution < 1.29 is 4.74 Å². The van der Waals surface area contributed by atoms with Crippen LogP contribution in [-0.4, -0.2) is 16.5 Å². The minimum absolute atomic E-state index is 0.799. The van der Waals surface area contributed by atoms with E-state index in [1.54, 1.807) is 0 Å². The molecule has 0 bridgehead atoms. The Morgan fingerprint density at radius 3 is 2.52 bits per heavy atom. The van der Waals surface area contributed by atoms with Gasteiger partial charge in [-0.15, -0.1) is 0 Å². The Balaban J connectivity index is 1.64. The van der Waals surface area contributed by atoms with Gasteiger partial charge in [0.15, 0.2) is 0 Å². The molecule has 3 heteroatoms. The van der Waals surface area contributed by atoms with Crippen molar-refractivity contribution in [2.75, 3.05) is 11.9 Å². The number of para-hydroxylation sites is 1. The molecule has 0 N–H and O–H groups in total. The molecule has 23 heavy (non-hydrogen) atoms. The van der Waals surface area contributed by atoms with Crippen molar-refractivity contribution in [3.8, 4) is 11.4 Å². The second kappa shape index (κ2) is 8.21. The topological polar surface area (TPSA) is 14.2 Å². The Kier molecular flexibility index (Phi) is 5.76. The lowest BCUT2D eigenvalue weighted by Crippen LogP contribution is -1.97. The number of aromatic nitrogens is 1. The van der Waals surface area contributed by atoms with Crippen LogP contribution in [0.4, 0.5) is 0 Å². The van der Waals surface area contributed by atoms with Gasteiger partial charge in [-0.2, -0.15) is 0 Å². The molecule has 3 rings (SSSR count). The van der Waals surface area contributed by atoms with E-state index in [-0.39, 0.29) is 0 Å². The minimum atomic E-state index is 0.799. The van der Waals surface area contributed by atoms with Crippen LogP contribution in [0.15, 0.2) is 60.8 Å². The number of rotatable bonds is 8. The summed E-state index contributed by atoms with van der Waals surface area (Å²) in [7, 11) is 0. The molecule has 0 aliphatic carbocycles. The Morgan fingerprint density at radius 1 is 0.870 bits per heavy atom. The van der Waals surface area contributed by atoms with Gasteiger partial charge in [-0.3, -0.25) is 0 Å². The summed E-state index contributed by atoms with van der Waals surface area (Å²) < 4.78 is 8.10. The van der Waals surface area contributed by atoms with E-state index in [2.05, 4.69) is 75.2 Å². The van der Waals surface area contributed by atoms with Crippen molar-refractivity contribution in [1.82, 2.24) is 4.57 Å². The number of ether oxygens (including phenoxy) is 1. The molecule has 0 aliphatic heterocycles. The first-order valence-corrected chi connectivity index (χ1v) is 9.36. The lowest BCUT2D eigenvalue weighted by atomic mass is 10.2. The zero-order valence-electron chi connectivity index (χ0n) is 13.2. The Hall–Kier alpha value is -1.74. The largest absolute Gasteiger partial charge is 0.494 e. The van der Waals surface area contributed by atoms with Crippen molar-refractivity contribution in [3.05, 3.63) is 60.8 Å². The highest BCUT2D eigenvalue weighted by molar-refractivity contribution is 9.09. The van der Waals surface area contributed by atoms with Crippen LogP contribution >= 0.6 is 15.9 Å². The molecule has 120 valence electrons. The highest BCUT2D eigenvalue weighted by Crippen LogP contribution is 2.25. The molecule has 0 amide bonds. The van der Waals surface area contributed by atoms with E-state index in [0.29, 0.717) is 0 Å². The first kappa shape index (κ1) is 16.1.